The Balaban J connectivity index is 2.48. The summed E-state index contributed by atoms with van der Waals surface area (Å²) in [6.07, 6.45) is 0.252. The highest BCUT2D eigenvalue weighted by Crippen LogP contribution is 2.30. The largest absolute Gasteiger partial charge is 0.492 e. The smallest absolute Gasteiger partial charge is 0.339 e. The molecule has 0 saturated heterocycles. The van der Waals surface area contributed by atoms with Crippen molar-refractivity contribution >= 4 is 16.7 Å². The molecule has 4 heteroatoms. The third-order valence-electron chi connectivity index (χ3n) is 2.63. The lowest BCUT2D eigenvalue weighted by Gasteiger charge is -2.11. The first-order valence-electron chi connectivity index (χ1n) is 5.68. The lowest BCUT2D eigenvalue weighted by atomic mass is 10.1. The van der Waals surface area contributed by atoms with Crippen LogP contribution >= 0.6 is 0 Å². The normalized spacial score (nSPS) is 10.5. The van der Waals surface area contributed by atoms with Gasteiger partial charge in [-0.25, -0.2) is 4.79 Å². The SMILES string of the molecule is O=C(O)c1ccc2ccccc2c1OCCCF. The van der Waals surface area contributed by atoms with Crippen molar-refractivity contribution in [2.24, 2.45) is 0 Å². The summed E-state index contributed by atoms with van der Waals surface area (Å²) in [6.45, 7) is -0.308. The van der Waals surface area contributed by atoms with Gasteiger partial charge < -0.3 is 9.84 Å². The zero-order valence-electron chi connectivity index (χ0n) is 9.73. The number of rotatable bonds is 5. The molecule has 0 spiro atoms. The van der Waals surface area contributed by atoms with Crippen LogP contribution in [0.4, 0.5) is 4.39 Å². The van der Waals surface area contributed by atoms with E-state index in [0.29, 0.717) is 5.75 Å². The minimum Gasteiger partial charge on any atom is -0.492 e. The van der Waals surface area contributed by atoms with Crippen LogP contribution in [0.25, 0.3) is 10.8 Å². The summed E-state index contributed by atoms with van der Waals surface area (Å²) < 4.78 is 17.5. The maximum absolute atomic E-state index is 12.1. The minimum absolute atomic E-state index is 0.104. The molecule has 0 fully saturated rings. The number of carbonyl (C=O) groups is 1. The van der Waals surface area contributed by atoms with Crippen molar-refractivity contribution in [2.45, 2.75) is 6.42 Å². The van der Waals surface area contributed by atoms with Crippen LogP contribution in [0.15, 0.2) is 36.4 Å². The Bertz CT molecular complexity index is 566. The summed E-state index contributed by atoms with van der Waals surface area (Å²) in [6, 6.07) is 10.6. The third kappa shape index (κ3) is 2.42. The molecule has 1 N–H and O–H groups in total. The van der Waals surface area contributed by atoms with E-state index < -0.39 is 12.6 Å². The average molecular weight is 248 g/mol. The van der Waals surface area contributed by atoms with Gasteiger partial charge in [-0.05, 0) is 11.5 Å². The molecule has 0 saturated carbocycles. The number of hydrogen-bond donors (Lipinski definition) is 1. The van der Waals surface area contributed by atoms with Crippen LogP contribution in [0.5, 0.6) is 5.75 Å². The van der Waals surface area contributed by atoms with Crippen molar-refractivity contribution in [3.63, 3.8) is 0 Å². The number of hydrogen-bond acceptors (Lipinski definition) is 2. The van der Waals surface area contributed by atoms with Crippen LogP contribution in [-0.2, 0) is 0 Å². The van der Waals surface area contributed by atoms with E-state index in [2.05, 4.69) is 0 Å². The fourth-order valence-electron chi connectivity index (χ4n) is 1.80. The molecule has 0 unspecified atom stereocenters. The van der Waals surface area contributed by atoms with Gasteiger partial charge in [0.2, 0.25) is 0 Å². The number of carboxylic acids is 1. The second-order valence-corrected chi connectivity index (χ2v) is 3.86. The Labute approximate surface area is 104 Å². The highest BCUT2D eigenvalue weighted by Gasteiger charge is 2.14. The van der Waals surface area contributed by atoms with Crippen molar-refractivity contribution in [1.29, 1.82) is 0 Å². The molecule has 0 heterocycles. The zero-order valence-corrected chi connectivity index (χ0v) is 9.73. The van der Waals surface area contributed by atoms with E-state index in [0.717, 1.165) is 10.8 Å². The van der Waals surface area contributed by atoms with Gasteiger partial charge in [0, 0.05) is 11.8 Å². The molecule has 2 rings (SSSR count). The van der Waals surface area contributed by atoms with Gasteiger partial charge in [0.05, 0.1) is 13.3 Å². The Morgan fingerprint density at radius 2 is 2.00 bits per heavy atom. The molecular weight excluding hydrogens is 235 g/mol. The minimum atomic E-state index is -1.05. The van der Waals surface area contributed by atoms with E-state index in [-0.39, 0.29) is 18.6 Å². The summed E-state index contributed by atoms with van der Waals surface area (Å²) in [5.74, 6) is -0.731. The van der Waals surface area contributed by atoms with Gasteiger partial charge in [-0.3, -0.25) is 4.39 Å². The molecule has 0 aliphatic rings. The first-order valence-corrected chi connectivity index (χ1v) is 5.68. The Morgan fingerprint density at radius 1 is 1.22 bits per heavy atom. The number of halogens is 1. The van der Waals surface area contributed by atoms with Gasteiger partial charge in [0.25, 0.3) is 0 Å². The first kappa shape index (κ1) is 12.4. The number of aromatic carboxylic acids is 1. The van der Waals surface area contributed by atoms with Crippen molar-refractivity contribution in [2.75, 3.05) is 13.3 Å². The van der Waals surface area contributed by atoms with Gasteiger partial charge in [-0.1, -0.05) is 30.3 Å². The van der Waals surface area contributed by atoms with Crippen molar-refractivity contribution in [3.8, 4) is 5.75 Å². The average Bonchev–Trinajstić information content (AvgIpc) is 2.38. The van der Waals surface area contributed by atoms with Gasteiger partial charge in [0.15, 0.2) is 0 Å². The molecule has 0 aliphatic heterocycles. The van der Waals surface area contributed by atoms with E-state index >= 15 is 0 Å². The highest BCUT2D eigenvalue weighted by molar-refractivity contribution is 6.00. The Hall–Kier alpha value is -2.10. The monoisotopic (exact) mass is 248 g/mol. The Kier molecular flexibility index (Phi) is 3.77. The molecule has 0 atom stereocenters. The van der Waals surface area contributed by atoms with Gasteiger partial charge in [-0.15, -0.1) is 0 Å². The van der Waals surface area contributed by atoms with E-state index in [1.54, 1.807) is 12.1 Å². The molecule has 0 amide bonds. The molecule has 18 heavy (non-hydrogen) atoms. The van der Waals surface area contributed by atoms with E-state index in [1.165, 1.54) is 6.07 Å². The zero-order chi connectivity index (χ0) is 13.0. The maximum atomic E-state index is 12.1. The summed E-state index contributed by atoms with van der Waals surface area (Å²) in [4.78, 5) is 11.1. The molecule has 2 aromatic carbocycles. The van der Waals surface area contributed by atoms with E-state index in [1.807, 2.05) is 18.2 Å². The fraction of sp³-hybridized carbons (Fsp3) is 0.214. The Morgan fingerprint density at radius 3 is 2.72 bits per heavy atom. The topological polar surface area (TPSA) is 46.5 Å². The number of carboxylic acid groups (broad SMARTS) is 1. The summed E-state index contributed by atoms with van der Waals surface area (Å²) in [5.41, 5.74) is 0.104. The first-order chi connectivity index (χ1) is 8.74. The molecule has 2 aromatic rings. The standard InChI is InChI=1S/C14H13FO3/c15-8-3-9-18-13-11-5-2-1-4-10(11)6-7-12(13)14(16)17/h1-2,4-7H,3,8-9H2,(H,16,17). The van der Waals surface area contributed by atoms with Crippen LogP contribution in [0.1, 0.15) is 16.8 Å². The van der Waals surface area contributed by atoms with Crippen LogP contribution < -0.4 is 4.74 Å². The predicted molar refractivity (Wildman–Crippen MR) is 67.0 cm³/mol. The molecule has 0 aromatic heterocycles. The molecule has 0 aliphatic carbocycles. The number of ether oxygens (including phenoxy) is 1. The van der Waals surface area contributed by atoms with E-state index in [4.69, 9.17) is 9.84 Å². The van der Waals surface area contributed by atoms with Crippen molar-refractivity contribution < 1.29 is 19.0 Å². The van der Waals surface area contributed by atoms with Gasteiger partial charge in [-0.2, -0.15) is 0 Å². The number of fused-ring (bicyclic) bond motifs is 1. The molecule has 94 valence electrons. The lowest BCUT2D eigenvalue weighted by molar-refractivity contribution is 0.0692. The summed E-state index contributed by atoms with van der Waals surface area (Å²) in [7, 11) is 0. The highest BCUT2D eigenvalue weighted by atomic mass is 19.1. The second-order valence-electron chi connectivity index (χ2n) is 3.86. The quantitative estimate of drug-likeness (QED) is 0.826. The van der Waals surface area contributed by atoms with Gasteiger partial charge >= 0.3 is 5.97 Å². The second kappa shape index (κ2) is 5.49. The fourth-order valence-corrected chi connectivity index (χ4v) is 1.80. The molecular formula is C14H13FO3. The number of alkyl halides is 1. The summed E-state index contributed by atoms with van der Waals surface area (Å²) in [5, 5.41) is 10.8. The van der Waals surface area contributed by atoms with Gasteiger partial charge in [0.1, 0.15) is 11.3 Å². The van der Waals surface area contributed by atoms with Crippen LogP contribution in [0.3, 0.4) is 0 Å². The van der Waals surface area contributed by atoms with Crippen molar-refractivity contribution in [1.82, 2.24) is 0 Å². The predicted octanol–water partition coefficient (Wildman–Crippen LogP) is 3.28. The van der Waals surface area contributed by atoms with E-state index in [9.17, 15) is 9.18 Å². The third-order valence-corrected chi connectivity index (χ3v) is 2.63. The van der Waals surface area contributed by atoms with Crippen LogP contribution in [-0.4, -0.2) is 24.4 Å². The number of benzene rings is 2. The lowest BCUT2D eigenvalue weighted by Crippen LogP contribution is -2.05. The van der Waals surface area contributed by atoms with Crippen LogP contribution in [0, 0.1) is 0 Å². The molecule has 0 radical (unpaired) electrons. The molecule has 0 bridgehead atoms. The maximum Gasteiger partial charge on any atom is 0.339 e. The molecule has 3 nitrogen and oxygen atoms in total. The van der Waals surface area contributed by atoms with Crippen LogP contribution in [0.2, 0.25) is 0 Å². The summed E-state index contributed by atoms with van der Waals surface area (Å²) >= 11 is 0. The van der Waals surface area contributed by atoms with Crippen molar-refractivity contribution in [3.05, 3.63) is 42.0 Å².